The van der Waals surface area contributed by atoms with Crippen LogP contribution in [0.5, 0.6) is 17.2 Å². The molecule has 0 unspecified atom stereocenters. The van der Waals surface area contributed by atoms with E-state index >= 15 is 0 Å². The lowest BCUT2D eigenvalue weighted by molar-refractivity contribution is 0.413. The summed E-state index contributed by atoms with van der Waals surface area (Å²) in [5.41, 5.74) is 7.03. The van der Waals surface area contributed by atoms with Crippen LogP contribution in [0.2, 0.25) is 0 Å². The number of hydrogen-bond donors (Lipinski definition) is 1. The van der Waals surface area contributed by atoms with Gasteiger partial charge in [-0.1, -0.05) is 0 Å². The van der Waals surface area contributed by atoms with Crippen molar-refractivity contribution < 1.29 is 13.9 Å². The molecule has 4 heteroatoms. The molecule has 0 amide bonds. The molecule has 18 heavy (non-hydrogen) atoms. The Morgan fingerprint density at radius 3 is 2.39 bits per heavy atom. The van der Waals surface area contributed by atoms with E-state index in [2.05, 4.69) is 0 Å². The van der Waals surface area contributed by atoms with E-state index in [4.69, 9.17) is 15.2 Å². The van der Waals surface area contributed by atoms with Crippen molar-refractivity contribution >= 4 is 5.69 Å². The van der Waals surface area contributed by atoms with Crippen LogP contribution in [0.1, 0.15) is 5.56 Å². The Bertz CT molecular complexity index is 570. The van der Waals surface area contributed by atoms with Crippen LogP contribution >= 0.6 is 0 Å². The second-order valence-corrected chi connectivity index (χ2v) is 3.92. The first kappa shape index (κ1) is 12.2. The van der Waals surface area contributed by atoms with Crippen molar-refractivity contribution in [1.82, 2.24) is 0 Å². The molecule has 0 spiro atoms. The lowest BCUT2D eigenvalue weighted by atomic mass is 10.2. The average molecular weight is 247 g/mol. The Hall–Kier alpha value is -2.23. The van der Waals surface area contributed by atoms with Crippen LogP contribution in [-0.4, -0.2) is 7.11 Å². The fourth-order valence-electron chi connectivity index (χ4n) is 1.59. The van der Waals surface area contributed by atoms with Gasteiger partial charge in [-0.2, -0.15) is 0 Å². The molecule has 0 atom stereocenters. The summed E-state index contributed by atoms with van der Waals surface area (Å²) in [6.45, 7) is 1.78. The summed E-state index contributed by atoms with van der Waals surface area (Å²) in [5, 5.41) is 0. The van der Waals surface area contributed by atoms with Gasteiger partial charge >= 0.3 is 0 Å². The van der Waals surface area contributed by atoms with Gasteiger partial charge in [-0.05, 0) is 42.8 Å². The molecule has 0 heterocycles. The molecule has 2 aromatic carbocycles. The Morgan fingerprint density at radius 2 is 1.78 bits per heavy atom. The number of aryl methyl sites for hydroxylation is 1. The average Bonchev–Trinajstić information content (AvgIpc) is 2.34. The van der Waals surface area contributed by atoms with Gasteiger partial charge in [0.1, 0.15) is 17.3 Å². The molecule has 0 radical (unpaired) electrons. The molecule has 0 saturated heterocycles. The molecule has 0 aromatic heterocycles. The molecule has 0 saturated carbocycles. The van der Waals surface area contributed by atoms with Crippen LogP contribution in [0.25, 0.3) is 0 Å². The normalized spacial score (nSPS) is 10.2. The molecular weight excluding hydrogens is 233 g/mol. The molecule has 2 rings (SSSR count). The summed E-state index contributed by atoms with van der Waals surface area (Å²) in [4.78, 5) is 0. The third-order valence-electron chi connectivity index (χ3n) is 2.57. The van der Waals surface area contributed by atoms with Gasteiger partial charge in [0.2, 0.25) is 0 Å². The first-order valence-electron chi connectivity index (χ1n) is 5.47. The summed E-state index contributed by atoms with van der Waals surface area (Å²) in [5.74, 6) is 1.47. The molecule has 0 aliphatic rings. The number of nitrogen functional groups attached to an aromatic ring is 1. The fourth-order valence-corrected chi connectivity index (χ4v) is 1.59. The smallest absolute Gasteiger partial charge is 0.150 e. The highest BCUT2D eigenvalue weighted by Gasteiger charge is 2.06. The van der Waals surface area contributed by atoms with Crippen LogP contribution in [-0.2, 0) is 0 Å². The van der Waals surface area contributed by atoms with Crippen molar-refractivity contribution in [3.8, 4) is 17.2 Å². The highest BCUT2D eigenvalue weighted by molar-refractivity contribution is 5.57. The maximum atomic E-state index is 13.0. The van der Waals surface area contributed by atoms with Gasteiger partial charge in [0.25, 0.3) is 0 Å². The molecule has 0 aliphatic carbocycles. The van der Waals surface area contributed by atoms with E-state index in [1.807, 2.05) is 0 Å². The van der Waals surface area contributed by atoms with Crippen LogP contribution in [0, 0.1) is 12.7 Å². The third-order valence-corrected chi connectivity index (χ3v) is 2.57. The maximum absolute atomic E-state index is 13.0. The predicted molar refractivity (Wildman–Crippen MR) is 68.6 cm³/mol. The molecule has 0 fully saturated rings. The van der Waals surface area contributed by atoms with Crippen LogP contribution in [0.3, 0.4) is 0 Å². The lowest BCUT2D eigenvalue weighted by Gasteiger charge is -2.11. The number of benzene rings is 2. The van der Waals surface area contributed by atoms with Crippen LogP contribution in [0.15, 0.2) is 36.4 Å². The lowest BCUT2D eigenvalue weighted by Crippen LogP contribution is -1.95. The van der Waals surface area contributed by atoms with Gasteiger partial charge in [0.15, 0.2) is 5.75 Å². The standard InChI is InChI=1S/C14H14FNO2/c1-9-7-10(15)3-5-13(9)18-14-6-4-11(17-2)8-12(14)16/h3-8H,16H2,1-2H3. The Kier molecular flexibility index (Phi) is 3.37. The maximum Gasteiger partial charge on any atom is 0.150 e. The molecule has 2 aromatic rings. The van der Waals surface area contributed by atoms with Gasteiger partial charge in [-0.25, -0.2) is 4.39 Å². The van der Waals surface area contributed by atoms with Gasteiger partial charge in [-0.15, -0.1) is 0 Å². The van der Waals surface area contributed by atoms with Crippen molar-refractivity contribution in [2.24, 2.45) is 0 Å². The summed E-state index contributed by atoms with van der Waals surface area (Å²) in [6, 6.07) is 9.49. The Labute approximate surface area is 105 Å². The SMILES string of the molecule is COc1ccc(Oc2ccc(F)cc2C)c(N)c1. The summed E-state index contributed by atoms with van der Waals surface area (Å²) in [7, 11) is 1.57. The quantitative estimate of drug-likeness (QED) is 0.844. The van der Waals surface area contributed by atoms with E-state index < -0.39 is 0 Å². The highest BCUT2D eigenvalue weighted by Crippen LogP contribution is 2.32. The highest BCUT2D eigenvalue weighted by atomic mass is 19.1. The Morgan fingerprint density at radius 1 is 1.06 bits per heavy atom. The molecule has 0 bridgehead atoms. The van der Waals surface area contributed by atoms with Gasteiger partial charge < -0.3 is 15.2 Å². The summed E-state index contributed by atoms with van der Waals surface area (Å²) in [6.07, 6.45) is 0. The van der Waals surface area contributed by atoms with E-state index in [0.29, 0.717) is 28.5 Å². The van der Waals surface area contributed by atoms with E-state index in [9.17, 15) is 4.39 Å². The largest absolute Gasteiger partial charge is 0.497 e. The molecular formula is C14H14FNO2. The number of anilines is 1. The van der Waals surface area contributed by atoms with Gasteiger partial charge in [-0.3, -0.25) is 0 Å². The van der Waals surface area contributed by atoms with Crippen molar-refractivity contribution in [2.45, 2.75) is 6.92 Å². The third kappa shape index (κ3) is 2.53. The minimum Gasteiger partial charge on any atom is -0.497 e. The van der Waals surface area contributed by atoms with E-state index in [1.165, 1.54) is 12.1 Å². The van der Waals surface area contributed by atoms with Gasteiger partial charge in [0, 0.05) is 6.07 Å². The zero-order valence-electron chi connectivity index (χ0n) is 10.2. The second-order valence-electron chi connectivity index (χ2n) is 3.92. The van der Waals surface area contributed by atoms with Gasteiger partial charge in [0.05, 0.1) is 12.8 Å². The fraction of sp³-hybridized carbons (Fsp3) is 0.143. The van der Waals surface area contributed by atoms with Crippen LogP contribution in [0.4, 0.5) is 10.1 Å². The van der Waals surface area contributed by atoms with E-state index in [0.717, 1.165) is 0 Å². The molecule has 94 valence electrons. The summed E-state index contributed by atoms with van der Waals surface area (Å²) >= 11 is 0. The molecule has 0 aliphatic heterocycles. The predicted octanol–water partition coefficient (Wildman–Crippen LogP) is 3.52. The van der Waals surface area contributed by atoms with E-state index in [1.54, 1.807) is 38.3 Å². The number of ether oxygens (including phenoxy) is 2. The first-order valence-corrected chi connectivity index (χ1v) is 5.47. The van der Waals surface area contributed by atoms with Crippen molar-refractivity contribution in [3.63, 3.8) is 0 Å². The van der Waals surface area contributed by atoms with Crippen molar-refractivity contribution in [3.05, 3.63) is 47.8 Å². The van der Waals surface area contributed by atoms with Crippen molar-refractivity contribution in [1.29, 1.82) is 0 Å². The van der Waals surface area contributed by atoms with Crippen molar-refractivity contribution in [2.75, 3.05) is 12.8 Å². The number of halogens is 1. The van der Waals surface area contributed by atoms with Crippen LogP contribution < -0.4 is 15.2 Å². The second kappa shape index (κ2) is 4.96. The minimum atomic E-state index is -0.289. The molecule has 3 nitrogen and oxygen atoms in total. The van der Waals surface area contributed by atoms with E-state index in [-0.39, 0.29) is 5.82 Å². The topological polar surface area (TPSA) is 44.5 Å². The first-order chi connectivity index (χ1) is 8.60. The molecule has 2 N–H and O–H groups in total. The monoisotopic (exact) mass is 247 g/mol. The Balaban J connectivity index is 2.28. The minimum absolute atomic E-state index is 0.289. The number of rotatable bonds is 3. The summed E-state index contributed by atoms with van der Waals surface area (Å²) < 4.78 is 23.7. The number of methoxy groups -OCH3 is 1. The number of hydrogen-bond acceptors (Lipinski definition) is 3. The number of nitrogens with two attached hydrogens (primary N) is 1. The zero-order valence-corrected chi connectivity index (χ0v) is 10.2. The zero-order chi connectivity index (χ0) is 13.1.